The predicted molar refractivity (Wildman–Crippen MR) is 159 cm³/mol. The molecule has 0 heteroatoms. The standard InChI is InChI=1S/C38H22/c1-4-12-29(13-5-1)22-25-32-18-10-20-34-36(27-24-31-16-8-3-9-17-31)35-21-11-19-33(38(35)28-37(32)34)26-23-30-14-6-2-7-15-30/h1-21,28H. The van der Waals surface area contributed by atoms with Crippen molar-refractivity contribution >= 4 is 21.5 Å². The molecule has 174 valence electrons. The molecule has 0 aromatic heterocycles. The molecule has 6 rings (SSSR count). The smallest absolute Gasteiger partial charge is 0.0406 e. The maximum atomic E-state index is 3.50. The van der Waals surface area contributed by atoms with E-state index in [2.05, 4.69) is 78.0 Å². The summed E-state index contributed by atoms with van der Waals surface area (Å²) in [6.07, 6.45) is 0. The Morgan fingerprint density at radius 1 is 0.289 bits per heavy atom. The minimum atomic E-state index is 0.974. The summed E-state index contributed by atoms with van der Waals surface area (Å²) in [4.78, 5) is 0. The van der Waals surface area contributed by atoms with Gasteiger partial charge in [0.05, 0.1) is 0 Å². The van der Waals surface area contributed by atoms with Gasteiger partial charge in [-0.3, -0.25) is 0 Å². The molecule has 6 aromatic carbocycles. The highest BCUT2D eigenvalue weighted by atomic mass is 14.1. The molecule has 0 bridgehead atoms. The number of fused-ring (bicyclic) bond motifs is 2. The number of benzene rings is 6. The van der Waals surface area contributed by atoms with Crippen molar-refractivity contribution in [3.8, 4) is 35.5 Å². The van der Waals surface area contributed by atoms with Crippen LogP contribution in [0.15, 0.2) is 133 Å². The Bertz CT molecular complexity index is 1830. The van der Waals surface area contributed by atoms with Crippen LogP contribution in [0.3, 0.4) is 0 Å². The van der Waals surface area contributed by atoms with Gasteiger partial charge in [0.2, 0.25) is 0 Å². The van der Waals surface area contributed by atoms with Crippen molar-refractivity contribution in [2.75, 3.05) is 0 Å². The summed E-state index contributed by atoms with van der Waals surface area (Å²) in [6, 6.07) is 45.1. The minimum Gasteiger partial charge on any atom is -0.0622 e. The molecule has 0 saturated carbocycles. The minimum absolute atomic E-state index is 0.974. The summed E-state index contributed by atoms with van der Waals surface area (Å²) in [7, 11) is 0. The average Bonchev–Trinajstić information content (AvgIpc) is 2.99. The van der Waals surface area contributed by atoms with Gasteiger partial charge in [0.1, 0.15) is 0 Å². The van der Waals surface area contributed by atoms with Gasteiger partial charge in [-0.1, -0.05) is 114 Å². The molecule has 0 saturated heterocycles. The summed E-state index contributed by atoms with van der Waals surface area (Å²) in [6.45, 7) is 0. The lowest BCUT2D eigenvalue weighted by Crippen LogP contribution is -1.90. The molecule has 0 heterocycles. The quantitative estimate of drug-likeness (QED) is 0.152. The largest absolute Gasteiger partial charge is 0.0622 e. The fourth-order valence-corrected chi connectivity index (χ4v) is 4.50. The number of rotatable bonds is 0. The summed E-state index contributed by atoms with van der Waals surface area (Å²) in [5.74, 6) is 20.4. The van der Waals surface area contributed by atoms with Crippen LogP contribution in [-0.4, -0.2) is 0 Å². The van der Waals surface area contributed by atoms with Gasteiger partial charge in [0.15, 0.2) is 0 Å². The third kappa shape index (κ3) is 4.92. The molecule has 0 spiro atoms. The van der Waals surface area contributed by atoms with Gasteiger partial charge in [0.25, 0.3) is 0 Å². The molecule has 6 aromatic rings. The maximum Gasteiger partial charge on any atom is 0.0406 e. The lowest BCUT2D eigenvalue weighted by atomic mass is 9.92. The molecule has 0 aliphatic carbocycles. The molecule has 0 aliphatic rings. The topological polar surface area (TPSA) is 0 Å². The molecular weight excluding hydrogens is 456 g/mol. The maximum absolute atomic E-state index is 3.50. The van der Waals surface area contributed by atoms with Gasteiger partial charge in [-0.25, -0.2) is 0 Å². The summed E-state index contributed by atoms with van der Waals surface area (Å²) >= 11 is 0. The predicted octanol–water partition coefficient (Wildman–Crippen LogP) is 8.19. The first-order valence-electron chi connectivity index (χ1n) is 12.5. The second-order valence-corrected chi connectivity index (χ2v) is 8.90. The Balaban J connectivity index is 1.61. The van der Waals surface area contributed by atoms with Crippen LogP contribution < -0.4 is 0 Å². The molecule has 38 heavy (non-hydrogen) atoms. The van der Waals surface area contributed by atoms with E-state index in [9.17, 15) is 0 Å². The molecule has 0 nitrogen and oxygen atoms in total. The van der Waals surface area contributed by atoms with E-state index in [1.54, 1.807) is 0 Å². The number of hydrogen-bond acceptors (Lipinski definition) is 0. The molecule has 0 unspecified atom stereocenters. The van der Waals surface area contributed by atoms with E-state index >= 15 is 0 Å². The van der Waals surface area contributed by atoms with Crippen LogP contribution >= 0.6 is 0 Å². The van der Waals surface area contributed by atoms with Crippen molar-refractivity contribution in [2.45, 2.75) is 0 Å². The SMILES string of the molecule is C(#Cc1cccc2c(C#Cc3ccccc3)c3cccc(C#Cc4ccccc4)c3cc12)c1ccccc1. The van der Waals surface area contributed by atoms with Crippen molar-refractivity contribution < 1.29 is 0 Å². The Morgan fingerprint density at radius 3 is 1.11 bits per heavy atom. The molecule has 0 radical (unpaired) electrons. The molecule has 0 aliphatic heterocycles. The zero-order chi connectivity index (χ0) is 25.6. The Morgan fingerprint density at radius 2 is 0.684 bits per heavy atom. The summed E-state index contributed by atoms with van der Waals surface area (Å²) in [5, 5.41) is 4.34. The second-order valence-electron chi connectivity index (χ2n) is 8.90. The average molecular weight is 479 g/mol. The van der Waals surface area contributed by atoms with E-state index in [0.717, 1.165) is 54.9 Å². The molecular formula is C38H22. The fraction of sp³-hybridized carbons (Fsp3) is 0. The van der Waals surface area contributed by atoms with Crippen molar-refractivity contribution in [1.82, 2.24) is 0 Å². The number of hydrogen-bond donors (Lipinski definition) is 0. The van der Waals surface area contributed by atoms with E-state index in [1.165, 1.54) is 0 Å². The van der Waals surface area contributed by atoms with Gasteiger partial charge in [-0.2, -0.15) is 0 Å². The van der Waals surface area contributed by atoms with Crippen molar-refractivity contribution in [2.24, 2.45) is 0 Å². The third-order valence-corrected chi connectivity index (χ3v) is 6.38. The molecule has 0 amide bonds. The van der Waals surface area contributed by atoms with E-state index in [-0.39, 0.29) is 0 Å². The van der Waals surface area contributed by atoms with Gasteiger partial charge >= 0.3 is 0 Å². The zero-order valence-electron chi connectivity index (χ0n) is 20.7. The van der Waals surface area contributed by atoms with Gasteiger partial charge in [-0.15, -0.1) is 0 Å². The fourth-order valence-electron chi connectivity index (χ4n) is 4.50. The lowest BCUT2D eigenvalue weighted by Gasteiger charge is -2.10. The zero-order valence-corrected chi connectivity index (χ0v) is 20.7. The first-order chi connectivity index (χ1) is 18.8. The molecule has 0 fully saturated rings. The van der Waals surface area contributed by atoms with Crippen molar-refractivity contribution in [1.29, 1.82) is 0 Å². The van der Waals surface area contributed by atoms with Crippen LogP contribution in [0.2, 0.25) is 0 Å². The second kappa shape index (κ2) is 10.6. The Kier molecular flexibility index (Phi) is 6.43. The van der Waals surface area contributed by atoms with Crippen LogP contribution in [0.4, 0.5) is 0 Å². The van der Waals surface area contributed by atoms with E-state index in [4.69, 9.17) is 0 Å². The van der Waals surface area contributed by atoms with Crippen LogP contribution in [0.25, 0.3) is 21.5 Å². The van der Waals surface area contributed by atoms with Crippen molar-refractivity contribution in [3.05, 3.63) is 167 Å². The van der Waals surface area contributed by atoms with E-state index in [0.29, 0.717) is 0 Å². The van der Waals surface area contributed by atoms with E-state index < -0.39 is 0 Å². The van der Waals surface area contributed by atoms with Gasteiger partial charge in [0, 0.05) is 33.4 Å². The molecule has 0 N–H and O–H groups in total. The van der Waals surface area contributed by atoms with Crippen LogP contribution in [0.1, 0.15) is 33.4 Å². The lowest BCUT2D eigenvalue weighted by molar-refractivity contribution is 1.63. The highest BCUT2D eigenvalue weighted by Crippen LogP contribution is 2.32. The van der Waals surface area contributed by atoms with Crippen LogP contribution in [0.5, 0.6) is 0 Å². The highest BCUT2D eigenvalue weighted by Gasteiger charge is 2.11. The Labute approximate surface area is 223 Å². The van der Waals surface area contributed by atoms with Crippen molar-refractivity contribution in [3.63, 3.8) is 0 Å². The van der Waals surface area contributed by atoms with Crippen LogP contribution in [-0.2, 0) is 0 Å². The van der Waals surface area contributed by atoms with Gasteiger partial charge in [-0.05, 0) is 76.1 Å². The molecule has 0 atom stereocenters. The summed E-state index contributed by atoms with van der Waals surface area (Å²) < 4.78 is 0. The monoisotopic (exact) mass is 478 g/mol. The Hall–Kier alpha value is -5.48. The summed E-state index contributed by atoms with van der Waals surface area (Å²) in [5.41, 5.74) is 5.90. The van der Waals surface area contributed by atoms with E-state index in [1.807, 2.05) is 91.0 Å². The van der Waals surface area contributed by atoms with Gasteiger partial charge < -0.3 is 0 Å². The van der Waals surface area contributed by atoms with Crippen LogP contribution in [0, 0.1) is 35.5 Å². The highest BCUT2D eigenvalue weighted by molar-refractivity contribution is 6.08. The first kappa shape index (κ1) is 23.0. The first-order valence-corrected chi connectivity index (χ1v) is 12.5. The normalized spacial score (nSPS) is 10.0. The third-order valence-electron chi connectivity index (χ3n) is 6.38.